The summed E-state index contributed by atoms with van der Waals surface area (Å²) in [6.45, 7) is 2.15. The van der Waals surface area contributed by atoms with Crippen LogP contribution < -0.4 is 0 Å². The first kappa shape index (κ1) is 11.2. The fraction of sp³-hybridized carbons (Fsp3) is 0.500. The highest BCUT2D eigenvalue weighted by Gasteiger charge is 2.36. The lowest BCUT2D eigenvalue weighted by Gasteiger charge is -2.32. The van der Waals surface area contributed by atoms with E-state index in [-0.39, 0.29) is 11.2 Å². The molecule has 0 saturated heterocycles. The lowest BCUT2D eigenvalue weighted by molar-refractivity contribution is -0.115. The maximum absolute atomic E-state index is 11.4. The molecule has 1 aliphatic carbocycles. The Morgan fingerprint density at radius 3 is 3.00 bits per heavy atom. The van der Waals surface area contributed by atoms with E-state index in [2.05, 4.69) is 28.8 Å². The first-order chi connectivity index (χ1) is 8.20. The standard InChI is InChI=1S/C14H17NOS/c1-15-7-6-14(4-2-12(16)3-5-14)13-10-17-9-11(13)8-15/h2,4,9-10H,3,5-8H2,1H3/t14-/m0/s1. The van der Waals surface area contributed by atoms with E-state index in [9.17, 15) is 4.79 Å². The van der Waals surface area contributed by atoms with Crippen LogP contribution >= 0.6 is 11.3 Å². The number of hydrogen-bond donors (Lipinski definition) is 0. The molecule has 90 valence electrons. The van der Waals surface area contributed by atoms with Gasteiger partial charge in [-0.15, -0.1) is 0 Å². The average Bonchev–Trinajstić information content (AvgIpc) is 2.73. The monoisotopic (exact) mass is 247 g/mol. The number of allylic oxidation sites excluding steroid dienone is 2. The smallest absolute Gasteiger partial charge is 0.155 e. The number of carbonyl (C=O) groups is 1. The minimum Gasteiger partial charge on any atom is -0.302 e. The predicted molar refractivity (Wildman–Crippen MR) is 70.3 cm³/mol. The molecule has 1 aliphatic heterocycles. The number of thiophene rings is 1. The van der Waals surface area contributed by atoms with Gasteiger partial charge in [0, 0.05) is 18.4 Å². The number of fused-ring (bicyclic) bond motifs is 2. The van der Waals surface area contributed by atoms with E-state index in [1.54, 1.807) is 17.4 Å². The third kappa shape index (κ3) is 1.87. The first-order valence-corrected chi connectivity index (χ1v) is 7.10. The van der Waals surface area contributed by atoms with Gasteiger partial charge in [-0.3, -0.25) is 4.79 Å². The van der Waals surface area contributed by atoms with Crippen molar-refractivity contribution in [3.63, 3.8) is 0 Å². The molecule has 2 heterocycles. The van der Waals surface area contributed by atoms with Crippen LogP contribution in [0.4, 0.5) is 0 Å². The summed E-state index contributed by atoms with van der Waals surface area (Å²) in [5.74, 6) is 0.282. The summed E-state index contributed by atoms with van der Waals surface area (Å²) in [4.78, 5) is 13.8. The summed E-state index contributed by atoms with van der Waals surface area (Å²) in [5.41, 5.74) is 3.05. The van der Waals surface area contributed by atoms with Gasteiger partial charge in [-0.2, -0.15) is 11.3 Å². The van der Waals surface area contributed by atoms with Gasteiger partial charge in [0.2, 0.25) is 0 Å². The summed E-state index contributed by atoms with van der Waals surface area (Å²) in [6, 6.07) is 0. The van der Waals surface area contributed by atoms with Gasteiger partial charge in [0.05, 0.1) is 0 Å². The molecule has 1 spiro atoms. The van der Waals surface area contributed by atoms with Crippen molar-refractivity contribution in [1.82, 2.24) is 4.90 Å². The van der Waals surface area contributed by atoms with Gasteiger partial charge in [-0.05, 0) is 54.4 Å². The molecular weight excluding hydrogens is 230 g/mol. The van der Waals surface area contributed by atoms with Crippen molar-refractivity contribution in [2.24, 2.45) is 0 Å². The van der Waals surface area contributed by atoms with Gasteiger partial charge in [-0.25, -0.2) is 0 Å². The Labute approximate surface area is 106 Å². The summed E-state index contributed by atoms with van der Waals surface area (Å²) >= 11 is 1.79. The first-order valence-electron chi connectivity index (χ1n) is 6.16. The number of ketones is 1. The summed E-state index contributed by atoms with van der Waals surface area (Å²) in [7, 11) is 2.18. The summed E-state index contributed by atoms with van der Waals surface area (Å²) in [5, 5.41) is 4.55. The molecule has 2 nitrogen and oxygen atoms in total. The van der Waals surface area contributed by atoms with Crippen molar-refractivity contribution >= 4 is 17.1 Å². The van der Waals surface area contributed by atoms with Crippen LogP contribution in [-0.4, -0.2) is 24.3 Å². The summed E-state index contributed by atoms with van der Waals surface area (Å²) in [6.07, 6.45) is 6.80. The predicted octanol–water partition coefficient (Wildman–Crippen LogP) is 2.74. The minimum absolute atomic E-state index is 0.133. The van der Waals surface area contributed by atoms with Crippen LogP contribution in [0.15, 0.2) is 22.9 Å². The molecule has 0 N–H and O–H groups in total. The van der Waals surface area contributed by atoms with E-state index in [4.69, 9.17) is 0 Å². The van der Waals surface area contributed by atoms with Crippen LogP contribution in [0.2, 0.25) is 0 Å². The molecule has 3 rings (SSSR count). The van der Waals surface area contributed by atoms with E-state index in [0.29, 0.717) is 6.42 Å². The highest BCUT2D eigenvalue weighted by molar-refractivity contribution is 7.08. The third-order valence-electron chi connectivity index (χ3n) is 4.06. The van der Waals surface area contributed by atoms with Crippen LogP contribution in [0, 0.1) is 0 Å². The molecule has 0 bridgehead atoms. The normalized spacial score (nSPS) is 29.4. The van der Waals surface area contributed by atoms with Crippen LogP contribution in [0.5, 0.6) is 0 Å². The van der Waals surface area contributed by atoms with Crippen LogP contribution in [0.1, 0.15) is 30.4 Å². The fourth-order valence-electron chi connectivity index (χ4n) is 2.98. The highest BCUT2D eigenvalue weighted by Crippen LogP contribution is 2.42. The van der Waals surface area contributed by atoms with Gasteiger partial charge >= 0.3 is 0 Å². The number of carbonyl (C=O) groups excluding carboxylic acids is 1. The van der Waals surface area contributed by atoms with Gasteiger partial charge in [0.25, 0.3) is 0 Å². The Balaban J connectivity index is 2.06. The van der Waals surface area contributed by atoms with E-state index in [1.807, 2.05) is 0 Å². The average molecular weight is 247 g/mol. The molecule has 3 heteroatoms. The van der Waals surface area contributed by atoms with Crippen molar-refractivity contribution in [1.29, 1.82) is 0 Å². The second-order valence-electron chi connectivity index (χ2n) is 5.25. The highest BCUT2D eigenvalue weighted by atomic mass is 32.1. The van der Waals surface area contributed by atoms with E-state index < -0.39 is 0 Å². The van der Waals surface area contributed by atoms with Crippen molar-refractivity contribution in [2.45, 2.75) is 31.2 Å². The third-order valence-corrected chi connectivity index (χ3v) is 4.86. The lowest BCUT2D eigenvalue weighted by atomic mass is 9.71. The second-order valence-corrected chi connectivity index (χ2v) is 6.00. The van der Waals surface area contributed by atoms with E-state index in [1.165, 1.54) is 11.1 Å². The number of rotatable bonds is 0. The zero-order valence-electron chi connectivity index (χ0n) is 10.1. The van der Waals surface area contributed by atoms with Crippen LogP contribution in [-0.2, 0) is 16.8 Å². The van der Waals surface area contributed by atoms with Crippen molar-refractivity contribution in [3.8, 4) is 0 Å². The molecule has 0 aromatic carbocycles. The van der Waals surface area contributed by atoms with Gasteiger partial charge in [-0.1, -0.05) is 6.08 Å². The van der Waals surface area contributed by atoms with E-state index >= 15 is 0 Å². The zero-order valence-corrected chi connectivity index (χ0v) is 10.9. The zero-order chi connectivity index (χ0) is 11.9. The second kappa shape index (κ2) is 4.07. The van der Waals surface area contributed by atoms with Gasteiger partial charge in [0.15, 0.2) is 5.78 Å². The SMILES string of the molecule is CN1CC[C@@]2(C=CC(=O)CC2)c2cscc2C1. The molecule has 0 unspecified atom stereocenters. The minimum atomic E-state index is 0.133. The molecule has 0 amide bonds. The molecule has 1 aromatic heterocycles. The largest absolute Gasteiger partial charge is 0.302 e. The Kier molecular flexibility index (Phi) is 2.68. The number of nitrogens with zero attached hydrogens (tertiary/aromatic N) is 1. The quantitative estimate of drug-likeness (QED) is 0.702. The van der Waals surface area contributed by atoms with Crippen molar-refractivity contribution in [2.75, 3.05) is 13.6 Å². The Bertz CT molecular complexity index is 476. The lowest BCUT2D eigenvalue weighted by Crippen LogP contribution is -2.29. The van der Waals surface area contributed by atoms with Crippen molar-refractivity contribution in [3.05, 3.63) is 34.0 Å². The van der Waals surface area contributed by atoms with Gasteiger partial charge in [0.1, 0.15) is 0 Å². The topological polar surface area (TPSA) is 20.3 Å². The van der Waals surface area contributed by atoms with Crippen molar-refractivity contribution < 1.29 is 4.79 Å². The van der Waals surface area contributed by atoms with Crippen LogP contribution in [0.25, 0.3) is 0 Å². The molecule has 2 aliphatic rings. The molecular formula is C14H17NOS. The Morgan fingerprint density at radius 2 is 2.24 bits per heavy atom. The molecule has 1 atom stereocenters. The Hall–Kier alpha value is -0.930. The fourth-order valence-corrected chi connectivity index (χ4v) is 3.93. The molecule has 1 aromatic rings. The molecule has 0 radical (unpaired) electrons. The maximum Gasteiger partial charge on any atom is 0.155 e. The maximum atomic E-state index is 11.4. The summed E-state index contributed by atoms with van der Waals surface area (Å²) < 4.78 is 0. The van der Waals surface area contributed by atoms with E-state index in [0.717, 1.165) is 25.9 Å². The molecule has 17 heavy (non-hydrogen) atoms. The van der Waals surface area contributed by atoms with Gasteiger partial charge < -0.3 is 4.90 Å². The number of hydrogen-bond acceptors (Lipinski definition) is 3. The molecule has 0 fully saturated rings. The Morgan fingerprint density at radius 1 is 1.35 bits per heavy atom. The van der Waals surface area contributed by atoms with Crippen LogP contribution in [0.3, 0.4) is 0 Å². The molecule has 0 saturated carbocycles.